The van der Waals surface area contributed by atoms with Crippen LogP contribution in [0.2, 0.25) is 0 Å². The van der Waals surface area contributed by atoms with Crippen molar-refractivity contribution in [3.05, 3.63) is 126 Å². The highest BCUT2D eigenvalue weighted by Crippen LogP contribution is 2.23. The first-order valence-electron chi connectivity index (χ1n) is 10.9. The maximum absolute atomic E-state index is 11.1. The number of benzene rings is 4. The van der Waals surface area contributed by atoms with Crippen LogP contribution < -0.4 is 0 Å². The van der Waals surface area contributed by atoms with Crippen LogP contribution in [0.3, 0.4) is 0 Å². The Balaban J connectivity index is 0.000000170. The zero-order chi connectivity index (χ0) is 25.5. The molecule has 36 heavy (non-hydrogen) atoms. The van der Waals surface area contributed by atoms with Gasteiger partial charge in [0, 0.05) is 11.6 Å². The highest BCUT2D eigenvalue weighted by molar-refractivity contribution is 7.85. The first-order chi connectivity index (χ1) is 17.3. The molecule has 0 amide bonds. The largest absolute Gasteiger partial charge is 0.478 e. The number of H-pyrrole nitrogens is 1. The summed E-state index contributed by atoms with van der Waals surface area (Å²) < 4.78 is 31.1. The van der Waals surface area contributed by atoms with E-state index in [9.17, 15) is 13.2 Å². The van der Waals surface area contributed by atoms with E-state index in [1.165, 1.54) is 18.2 Å². The molecule has 0 saturated carbocycles. The Bertz CT molecular complexity index is 1570. The molecule has 5 aromatic rings. The van der Waals surface area contributed by atoms with Crippen LogP contribution in [0.5, 0.6) is 0 Å². The number of fused-ring (bicyclic) bond motifs is 1. The summed E-state index contributed by atoms with van der Waals surface area (Å²) >= 11 is 0. The summed E-state index contributed by atoms with van der Waals surface area (Å²) in [5, 5.41) is 8.93. The van der Waals surface area contributed by atoms with Crippen LogP contribution in [0.15, 0.2) is 120 Å². The van der Waals surface area contributed by atoms with Gasteiger partial charge in [-0.15, -0.1) is 0 Å². The quantitative estimate of drug-likeness (QED) is 0.212. The molecule has 0 aliphatic heterocycles. The van der Waals surface area contributed by atoms with E-state index < -0.39 is 16.1 Å². The molecule has 0 aliphatic carbocycles. The standard InChI is InChI=1S/C15H12O2.C13H10N2O3S/c16-15(17)11-14(12-7-3-1-4-8-12)13-9-5-2-6-10-13;16-19(17,18)10-6-7-11-12(8-10)15-13(14-11)9-4-2-1-3-5-9/h1-11H,(H,16,17);1-8H,(H,14,15)(H,16,17,18). The number of aliphatic carboxylic acids is 1. The molecule has 0 fully saturated rings. The fourth-order valence-corrected chi connectivity index (χ4v) is 4.07. The van der Waals surface area contributed by atoms with Crippen molar-refractivity contribution in [3.63, 3.8) is 0 Å². The van der Waals surface area contributed by atoms with E-state index in [0.717, 1.165) is 22.3 Å². The number of rotatable bonds is 5. The van der Waals surface area contributed by atoms with E-state index >= 15 is 0 Å². The predicted octanol–water partition coefficient (Wildman–Crippen LogP) is 5.68. The third kappa shape index (κ3) is 6.12. The Kier molecular flexibility index (Phi) is 7.39. The smallest absolute Gasteiger partial charge is 0.328 e. The van der Waals surface area contributed by atoms with Crippen molar-refractivity contribution in [1.29, 1.82) is 0 Å². The molecule has 0 unspecified atom stereocenters. The Morgan fingerprint density at radius 2 is 1.31 bits per heavy atom. The summed E-state index contributed by atoms with van der Waals surface area (Å²) in [4.78, 5) is 18.1. The maximum atomic E-state index is 11.1. The highest BCUT2D eigenvalue weighted by Gasteiger charge is 2.12. The van der Waals surface area contributed by atoms with E-state index in [1.54, 1.807) is 6.07 Å². The van der Waals surface area contributed by atoms with E-state index in [2.05, 4.69) is 9.97 Å². The van der Waals surface area contributed by atoms with Gasteiger partial charge in [-0.3, -0.25) is 4.55 Å². The lowest BCUT2D eigenvalue weighted by Gasteiger charge is -2.06. The van der Waals surface area contributed by atoms with Gasteiger partial charge >= 0.3 is 5.97 Å². The maximum Gasteiger partial charge on any atom is 0.328 e. The third-order valence-corrected chi connectivity index (χ3v) is 6.09. The van der Waals surface area contributed by atoms with E-state index in [4.69, 9.17) is 9.66 Å². The summed E-state index contributed by atoms with van der Waals surface area (Å²) in [5.74, 6) is -0.282. The molecule has 0 bridgehead atoms. The van der Waals surface area contributed by atoms with Crippen molar-refractivity contribution >= 4 is 32.7 Å². The lowest BCUT2D eigenvalue weighted by Crippen LogP contribution is -1.97. The molecule has 7 nitrogen and oxygen atoms in total. The molecule has 0 spiro atoms. The van der Waals surface area contributed by atoms with Crippen molar-refractivity contribution < 1.29 is 22.9 Å². The SMILES string of the molecule is O=C(O)C=C(c1ccccc1)c1ccccc1.O=S(=O)(O)c1ccc2[nH]c(-c3ccccc3)nc2c1. The second-order valence-corrected chi connectivity index (χ2v) is 9.16. The first-order valence-corrected chi connectivity index (χ1v) is 12.3. The van der Waals surface area contributed by atoms with E-state index in [-0.39, 0.29) is 4.90 Å². The molecule has 0 atom stereocenters. The van der Waals surface area contributed by atoms with Crippen molar-refractivity contribution in [1.82, 2.24) is 9.97 Å². The van der Waals surface area contributed by atoms with Gasteiger partial charge < -0.3 is 10.1 Å². The lowest BCUT2D eigenvalue weighted by atomic mass is 9.98. The molecule has 1 heterocycles. The number of aromatic amines is 1. The molecular weight excluding hydrogens is 476 g/mol. The van der Waals surface area contributed by atoms with Gasteiger partial charge in [0.25, 0.3) is 10.1 Å². The number of carboxylic acids is 1. The topological polar surface area (TPSA) is 120 Å². The van der Waals surface area contributed by atoms with Gasteiger partial charge in [-0.1, -0.05) is 91.0 Å². The van der Waals surface area contributed by atoms with Crippen LogP contribution in [-0.4, -0.2) is 34.0 Å². The third-order valence-electron chi connectivity index (χ3n) is 5.24. The summed E-state index contributed by atoms with van der Waals surface area (Å²) in [5.41, 5.74) is 4.65. The molecule has 3 N–H and O–H groups in total. The Morgan fingerprint density at radius 1 is 0.778 bits per heavy atom. The first kappa shape index (κ1) is 24.6. The minimum Gasteiger partial charge on any atom is -0.478 e. The highest BCUT2D eigenvalue weighted by atomic mass is 32.2. The zero-order valence-corrected chi connectivity index (χ0v) is 19.8. The van der Waals surface area contributed by atoms with Gasteiger partial charge in [-0.25, -0.2) is 9.78 Å². The molecule has 5 rings (SSSR count). The van der Waals surface area contributed by atoms with Crippen LogP contribution in [0, 0.1) is 0 Å². The van der Waals surface area contributed by atoms with Crippen LogP contribution in [0.1, 0.15) is 11.1 Å². The lowest BCUT2D eigenvalue weighted by molar-refractivity contribution is -0.131. The van der Waals surface area contributed by atoms with Gasteiger partial charge in [0.15, 0.2) is 0 Å². The second-order valence-electron chi connectivity index (χ2n) is 7.73. The second kappa shape index (κ2) is 10.8. The molecule has 0 saturated heterocycles. The fraction of sp³-hybridized carbons (Fsp3) is 0. The number of hydrogen-bond acceptors (Lipinski definition) is 4. The minimum atomic E-state index is -4.20. The monoisotopic (exact) mass is 498 g/mol. The molecule has 8 heteroatoms. The summed E-state index contributed by atoms with van der Waals surface area (Å²) in [7, 11) is -4.20. The zero-order valence-electron chi connectivity index (χ0n) is 18.9. The van der Waals surface area contributed by atoms with Crippen LogP contribution >= 0.6 is 0 Å². The van der Waals surface area contributed by atoms with E-state index in [1.807, 2.05) is 91.0 Å². The van der Waals surface area contributed by atoms with Gasteiger partial charge in [0.1, 0.15) is 5.82 Å². The number of nitrogens with one attached hydrogen (secondary N) is 1. The number of carboxylic acid groups (broad SMARTS) is 1. The summed E-state index contributed by atoms with van der Waals surface area (Å²) in [6.45, 7) is 0. The van der Waals surface area contributed by atoms with Crippen molar-refractivity contribution in [3.8, 4) is 11.4 Å². The van der Waals surface area contributed by atoms with Gasteiger partial charge in [-0.05, 0) is 34.9 Å². The molecule has 4 aromatic carbocycles. The Labute approximate surface area is 208 Å². The molecule has 0 aliphatic rings. The average molecular weight is 499 g/mol. The van der Waals surface area contributed by atoms with Crippen LogP contribution in [0.4, 0.5) is 0 Å². The molecular formula is C28H22N2O5S. The fourth-order valence-electron chi connectivity index (χ4n) is 3.57. The van der Waals surface area contributed by atoms with Crippen molar-refractivity contribution in [2.45, 2.75) is 4.90 Å². The van der Waals surface area contributed by atoms with Crippen LogP contribution in [-0.2, 0) is 14.9 Å². The average Bonchev–Trinajstić information content (AvgIpc) is 3.32. The van der Waals surface area contributed by atoms with Gasteiger partial charge in [0.2, 0.25) is 0 Å². The molecule has 1 aromatic heterocycles. The summed E-state index contributed by atoms with van der Waals surface area (Å²) in [6.07, 6.45) is 1.24. The Morgan fingerprint density at radius 3 is 1.81 bits per heavy atom. The van der Waals surface area contributed by atoms with Gasteiger partial charge in [-0.2, -0.15) is 8.42 Å². The summed E-state index contributed by atoms with van der Waals surface area (Å²) in [6, 6.07) is 32.8. The number of hydrogen-bond donors (Lipinski definition) is 3. The number of aromatic nitrogens is 2. The van der Waals surface area contributed by atoms with Crippen LogP contribution in [0.25, 0.3) is 28.0 Å². The number of nitrogens with zero attached hydrogens (tertiary/aromatic N) is 1. The Hall–Kier alpha value is -4.53. The molecule has 0 radical (unpaired) electrons. The normalized spacial score (nSPS) is 10.8. The van der Waals surface area contributed by atoms with Crippen molar-refractivity contribution in [2.75, 3.05) is 0 Å². The minimum absolute atomic E-state index is 0.161. The number of imidazole rings is 1. The van der Waals surface area contributed by atoms with Gasteiger partial charge in [0.05, 0.1) is 15.9 Å². The number of carbonyl (C=O) groups is 1. The van der Waals surface area contributed by atoms with Crippen molar-refractivity contribution in [2.24, 2.45) is 0 Å². The van der Waals surface area contributed by atoms with E-state index in [0.29, 0.717) is 16.9 Å². The molecule has 180 valence electrons. The predicted molar refractivity (Wildman–Crippen MR) is 139 cm³/mol.